The first-order valence-electron chi connectivity index (χ1n) is 11.2. The Morgan fingerprint density at radius 3 is 2.09 bits per heavy atom. The molecule has 32 heavy (non-hydrogen) atoms. The fraction of sp³-hybridized carbons (Fsp3) is 0.609. The van der Waals surface area contributed by atoms with E-state index < -0.39 is 23.6 Å². The number of hydrogen-bond donors (Lipinski definition) is 1. The average molecular weight is 454 g/mol. The number of ether oxygens (including phenoxy) is 1. The van der Waals surface area contributed by atoms with Crippen LogP contribution in [0, 0.1) is 5.92 Å². The Balaban J connectivity index is 1.41. The van der Waals surface area contributed by atoms with Gasteiger partial charge in [-0.15, -0.1) is 0 Å². The maximum Gasteiger partial charge on any atom is 0.416 e. The lowest BCUT2D eigenvalue weighted by Crippen LogP contribution is -2.41. The minimum absolute atomic E-state index is 0.142. The third kappa shape index (κ3) is 6.71. The molecule has 0 atom stereocenters. The second kappa shape index (κ2) is 10.8. The monoisotopic (exact) mass is 454 g/mol. The number of rotatable bonds is 5. The van der Waals surface area contributed by atoms with Gasteiger partial charge in [0.1, 0.15) is 0 Å². The summed E-state index contributed by atoms with van der Waals surface area (Å²) in [7, 11) is 0. The molecule has 0 radical (unpaired) electrons. The lowest BCUT2D eigenvalue weighted by atomic mass is 9.96. The fourth-order valence-corrected chi connectivity index (χ4v) is 4.25. The Hall–Kier alpha value is -2.58. The minimum Gasteiger partial charge on any atom is -0.455 e. The molecule has 0 aromatic heterocycles. The van der Waals surface area contributed by atoms with Gasteiger partial charge in [0.05, 0.1) is 11.5 Å². The van der Waals surface area contributed by atoms with Crippen LogP contribution in [0.25, 0.3) is 0 Å². The largest absolute Gasteiger partial charge is 0.455 e. The van der Waals surface area contributed by atoms with Crippen molar-refractivity contribution in [2.24, 2.45) is 5.92 Å². The number of alkyl halides is 3. The molecular formula is C23H29F3N2O4. The SMILES string of the molecule is O=C(COC(=O)C1CCN(C(=O)c2ccc(C(F)(F)F)cc2)CC1)NC1CCCCCC1. The number of nitrogens with one attached hydrogen (secondary N) is 1. The zero-order chi connectivity index (χ0) is 23.1. The minimum atomic E-state index is -4.45. The number of carbonyl (C=O) groups is 3. The maximum atomic E-state index is 12.7. The number of esters is 1. The molecule has 0 bridgehead atoms. The molecule has 1 aliphatic carbocycles. The molecule has 2 fully saturated rings. The summed E-state index contributed by atoms with van der Waals surface area (Å²) in [4.78, 5) is 38.5. The van der Waals surface area contributed by atoms with E-state index in [9.17, 15) is 27.6 Å². The molecule has 1 saturated carbocycles. The highest BCUT2D eigenvalue weighted by atomic mass is 19.4. The molecule has 1 heterocycles. The van der Waals surface area contributed by atoms with Crippen LogP contribution in [0.1, 0.15) is 67.3 Å². The van der Waals surface area contributed by atoms with Crippen LogP contribution in [0.15, 0.2) is 24.3 Å². The molecule has 2 aliphatic rings. The van der Waals surface area contributed by atoms with Crippen LogP contribution in [0.3, 0.4) is 0 Å². The Bertz CT molecular complexity index is 794. The van der Waals surface area contributed by atoms with E-state index in [4.69, 9.17) is 4.74 Å². The van der Waals surface area contributed by atoms with Gasteiger partial charge >= 0.3 is 12.1 Å². The summed E-state index contributed by atoms with van der Waals surface area (Å²) >= 11 is 0. The lowest BCUT2D eigenvalue weighted by molar-refractivity contribution is -0.154. The molecular weight excluding hydrogens is 425 g/mol. The van der Waals surface area contributed by atoms with E-state index in [1.54, 1.807) is 0 Å². The number of likely N-dealkylation sites (tertiary alicyclic amines) is 1. The molecule has 1 N–H and O–H groups in total. The summed E-state index contributed by atoms with van der Waals surface area (Å²) in [5.41, 5.74) is -0.632. The zero-order valence-corrected chi connectivity index (χ0v) is 18.0. The highest BCUT2D eigenvalue weighted by Gasteiger charge is 2.32. The van der Waals surface area contributed by atoms with Crippen molar-refractivity contribution in [3.8, 4) is 0 Å². The molecule has 1 saturated heterocycles. The summed E-state index contributed by atoms with van der Waals surface area (Å²) in [6.07, 6.45) is 2.76. The fourth-order valence-electron chi connectivity index (χ4n) is 4.25. The first-order chi connectivity index (χ1) is 15.2. The molecule has 1 aliphatic heterocycles. The predicted molar refractivity (Wildman–Crippen MR) is 111 cm³/mol. The van der Waals surface area contributed by atoms with Gasteiger partial charge < -0.3 is 15.0 Å². The number of piperidine rings is 1. The number of amides is 2. The van der Waals surface area contributed by atoms with Crippen molar-refractivity contribution in [2.45, 2.75) is 63.6 Å². The molecule has 3 rings (SSSR count). The van der Waals surface area contributed by atoms with E-state index in [1.807, 2.05) is 0 Å². The number of hydrogen-bond acceptors (Lipinski definition) is 4. The summed E-state index contributed by atoms with van der Waals surface area (Å²) in [5, 5.41) is 2.93. The third-order valence-electron chi connectivity index (χ3n) is 6.14. The lowest BCUT2D eigenvalue weighted by Gasteiger charge is -2.31. The van der Waals surface area contributed by atoms with Crippen molar-refractivity contribution < 1.29 is 32.3 Å². The summed E-state index contributed by atoms with van der Waals surface area (Å²) in [6, 6.07) is 4.24. The number of benzene rings is 1. The van der Waals surface area contributed by atoms with E-state index in [0.717, 1.165) is 37.8 Å². The molecule has 2 amide bonds. The van der Waals surface area contributed by atoms with Crippen LogP contribution >= 0.6 is 0 Å². The van der Waals surface area contributed by atoms with Crippen molar-refractivity contribution in [3.05, 3.63) is 35.4 Å². The van der Waals surface area contributed by atoms with Crippen molar-refractivity contribution in [2.75, 3.05) is 19.7 Å². The standard InChI is InChI=1S/C23H29F3N2O4/c24-23(25,26)18-9-7-16(8-10-18)21(30)28-13-11-17(12-14-28)22(31)32-15-20(29)27-19-5-3-1-2-4-6-19/h7-10,17,19H,1-6,11-15H2,(H,27,29). The number of nitrogens with zero attached hydrogens (tertiary/aromatic N) is 1. The van der Waals surface area contributed by atoms with E-state index in [-0.39, 0.29) is 30.0 Å². The molecule has 0 unspecified atom stereocenters. The van der Waals surface area contributed by atoms with Crippen LogP contribution in [0.5, 0.6) is 0 Å². The molecule has 176 valence electrons. The van der Waals surface area contributed by atoms with Crippen LogP contribution in [-0.4, -0.2) is 48.4 Å². The zero-order valence-electron chi connectivity index (χ0n) is 18.0. The second-order valence-corrected chi connectivity index (χ2v) is 8.51. The van der Waals surface area contributed by atoms with E-state index in [1.165, 1.54) is 29.9 Å². The first-order valence-corrected chi connectivity index (χ1v) is 11.2. The Labute approximate surface area is 185 Å². The molecule has 1 aromatic carbocycles. The van der Waals surface area contributed by atoms with Gasteiger partial charge in [-0.05, 0) is 49.9 Å². The Morgan fingerprint density at radius 1 is 0.938 bits per heavy atom. The van der Waals surface area contributed by atoms with Crippen molar-refractivity contribution in [3.63, 3.8) is 0 Å². The van der Waals surface area contributed by atoms with Crippen LogP contribution in [-0.2, 0) is 20.5 Å². The van der Waals surface area contributed by atoms with Gasteiger partial charge in [-0.1, -0.05) is 25.7 Å². The topological polar surface area (TPSA) is 75.7 Å². The normalized spacial score (nSPS) is 18.7. The molecule has 0 spiro atoms. The highest BCUT2D eigenvalue weighted by Crippen LogP contribution is 2.29. The number of carbonyl (C=O) groups excluding carboxylic acids is 3. The van der Waals surface area contributed by atoms with Gasteiger partial charge in [0.25, 0.3) is 11.8 Å². The van der Waals surface area contributed by atoms with Crippen molar-refractivity contribution in [1.29, 1.82) is 0 Å². The van der Waals surface area contributed by atoms with Crippen LogP contribution in [0.4, 0.5) is 13.2 Å². The average Bonchev–Trinajstić information content (AvgIpc) is 3.05. The maximum absolute atomic E-state index is 12.7. The summed E-state index contributed by atoms with van der Waals surface area (Å²) in [6.45, 7) is 0.293. The summed E-state index contributed by atoms with van der Waals surface area (Å²) in [5.74, 6) is -1.52. The van der Waals surface area contributed by atoms with E-state index in [2.05, 4.69) is 5.32 Å². The Morgan fingerprint density at radius 2 is 1.53 bits per heavy atom. The molecule has 1 aromatic rings. The van der Waals surface area contributed by atoms with E-state index >= 15 is 0 Å². The van der Waals surface area contributed by atoms with Crippen molar-refractivity contribution in [1.82, 2.24) is 10.2 Å². The van der Waals surface area contributed by atoms with E-state index in [0.29, 0.717) is 25.9 Å². The third-order valence-corrected chi connectivity index (χ3v) is 6.14. The predicted octanol–water partition coefficient (Wildman–Crippen LogP) is 3.94. The highest BCUT2D eigenvalue weighted by molar-refractivity contribution is 5.94. The van der Waals surface area contributed by atoms with Gasteiger partial charge in [-0.25, -0.2) is 0 Å². The Kier molecular flexibility index (Phi) is 8.15. The number of halogens is 3. The van der Waals surface area contributed by atoms with Crippen LogP contribution < -0.4 is 5.32 Å². The summed E-state index contributed by atoms with van der Waals surface area (Å²) < 4.78 is 43.2. The van der Waals surface area contributed by atoms with Gasteiger partial charge in [0.15, 0.2) is 6.61 Å². The van der Waals surface area contributed by atoms with Gasteiger partial charge in [-0.2, -0.15) is 13.2 Å². The molecule has 9 heteroatoms. The van der Waals surface area contributed by atoms with Gasteiger partial charge in [0.2, 0.25) is 0 Å². The second-order valence-electron chi connectivity index (χ2n) is 8.51. The van der Waals surface area contributed by atoms with Crippen molar-refractivity contribution >= 4 is 17.8 Å². The molecule has 6 nitrogen and oxygen atoms in total. The smallest absolute Gasteiger partial charge is 0.416 e. The van der Waals surface area contributed by atoms with Gasteiger partial charge in [0, 0.05) is 24.7 Å². The van der Waals surface area contributed by atoms with Gasteiger partial charge in [-0.3, -0.25) is 14.4 Å². The first kappa shape index (κ1) is 24.1. The van der Waals surface area contributed by atoms with Crippen LogP contribution in [0.2, 0.25) is 0 Å². The quantitative estimate of drug-likeness (QED) is 0.540.